The molecule has 1 aromatic carbocycles. The number of aromatic nitrogens is 2. The zero-order valence-electron chi connectivity index (χ0n) is 14.2. The molecule has 0 bridgehead atoms. The number of nitrogens with one attached hydrogen (secondary N) is 1. The molecule has 3 atom stereocenters. The van der Waals surface area contributed by atoms with Crippen LogP contribution >= 0.6 is 0 Å². The quantitative estimate of drug-likeness (QED) is 0.911. The molecule has 0 aliphatic carbocycles. The molecular formula is C18H19F3N4O. The highest BCUT2D eigenvalue weighted by Gasteiger charge is 2.47. The van der Waals surface area contributed by atoms with Crippen LogP contribution in [0.2, 0.25) is 0 Å². The van der Waals surface area contributed by atoms with Crippen molar-refractivity contribution in [1.82, 2.24) is 20.0 Å². The highest BCUT2D eigenvalue weighted by atomic mass is 19.3. The van der Waals surface area contributed by atoms with E-state index in [1.807, 2.05) is 6.07 Å². The molecule has 2 aliphatic rings. The van der Waals surface area contributed by atoms with Gasteiger partial charge in [-0.1, -0.05) is 12.1 Å². The number of nitrogens with zero attached hydrogens (tertiary/aromatic N) is 3. The predicted octanol–water partition coefficient (Wildman–Crippen LogP) is 2.53. The molecule has 5 nitrogen and oxygen atoms in total. The molecule has 26 heavy (non-hydrogen) atoms. The van der Waals surface area contributed by atoms with Gasteiger partial charge in [0.15, 0.2) is 0 Å². The van der Waals surface area contributed by atoms with Crippen molar-refractivity contribution in [2.75, 3.05) is 19.6 Å². The summed E-state index contributed by atoms with van der Waals surface area (Å²) >= 11 is 0. The van der Waals surface area contributed by atoms with Crippen molar-refractivity contribution in [1.29, 1.82) is 0 Å². The molecule has 4 rings (SSSR count). The summed E-state index contributed by atoms with van der Waals surface area (Å²) in [7, 11) is 1.48. The standard InChI is InChI=1S/C18H19F3N4O/c1-24-15(6-14(23-24)17(20)21)18(26)25-9-11-7-22-8-13(11)16(25)10-3-2-4-12(19)5-10/h2-6,11,13,16-17,22H,7-9H2,1H3/t11-,13-,16-/m0/s1. The van der Waals surface area contributed by atoms with E-state index < -0.39 is 12.1 Å². The molecule has 1 aromatic heterocycles. The van der Waals surface area contributed by atoms with Gasteiger partial charge in [0.25, 0.3) is 12.3 Å². The van der Waals surface area contributed by atoms with E-state index in [1.165, 1.54) is 23.9 Å². The van der Waals surface area contributed by atoms with Crippen molar-refractivity contribution >= 4 is 5.91 Å². The minimum Gasteiger partial charge on any atom is -0.330 e. The third-order valence-corrected chi connectivity index (χ3v) is 5.36. The summed E-state index contributed by atoms with van der Waals surface area (Å²) in [4.78, 5) is 14.8. The van der Waals surface area contributed by atoms with Crippen LogP contribution in [0.4, 0.5) is 13.2 Å². The highest BCUT2D eigenvalue weighted by Crippen LogP contribution is 2.43. The van der Waals surface area contributed by atoms with E-state index >= 15 is 0 Å². The number of halogens is 3. The third kappa shape index (κ3) is 2.78. The second kappa shape index (κ2) is 6.42. The maximum Gasteiger partial charge on any atom is 0.282 e. The first-order valence-electron chi connectivity index (χ1n) is 8.55. The number of fused-ring (bicyclic) bond motifs is 1. The molecular weight excluding hydrogens is 345 g/mol. The summed E-state index contributed by atoms with van der Waals surface area (Å²) in [5.41, 5.74) is 0.430. The van der Waals surface area contributed by atoms with Gasteiger partial charge in [0.2, 0.25) is 0 Å². The zero-order valence-corrected chi connectivity index (χ0v) is 14.2. The molecule has 8 heteroatoms. The molecule has 0 saturated carbocycles. The van der Waals surface area contributed by atoms with E-state index in [2.05, 4.69) is 10.4 Å². The number of benzene rings is 1. The van der Waals surface area contributed by atoms with Crippen LogP contribution in [0, 0.1) is 17.7 Å². The lowest BCUT2D eigenvalue weighted by Crippen LogP contribution is -2.35. The lowest BCUT2D eigenvalue weighted by Gasteiger charge is -2.28. The van der Waals surface area contributed by atoms with E-state index in [0.29, 0.717) is 6.54 Å². The van der Waals surface area contributed by atoms with Gasteiger partial charge in [-0.25, -0.2) is 13.2 Å². The Hall–Kier alpha value is -2.35. The number of amides is 1. The van der Waals surface area contributed by atoms with Gasteiger partial charge in [0.1, 0.15) is 17.2 Å². The van der Waals surface area contributed by atoms with Crippen molar-refractivity contribution in [2.45, 2.75) is 12.5 Å². The average molecular weight is 364 g/mol. The SMILES string of the molecule is Cn1nc(C(F)F)cc1C(=O)N1C[C@@H]2CNC[C@@H]2[C@@H]1c1cccc(F)c1. The number of carbonyl (C=O) groups excluding carboxylic acids is 1. The highest BCUT2D eigenvalue weighted by molar-refractivity contribution is 5.93. The molecule has 3 heterocycles. The smallest absolute Gasteiger partial charge is 0.282 e. The fraction of sp³-hybridized carbons (Fsp3) is 0.444. The van der Waals surface area contributed by atoms with Crippen molar-refractivity contribution in [3.05, 3.63) is 53.1 Å². The zero-order chi connectivity index (χ0) is 18.4. The van der Waals surface area contributed by atoms with Crippen molar-refractivity contribution in [2.24, 2.45) is 18.9 Å². The van der Waals surface area contributed by atoms with Crippen LogP contribution in [-0.2, 0) is 7.05 Å². The minimum atomic E-state index is -2.73. The first kappa shape index (κ1) is 17.1. The second-order valence-electron chi connectivity index (χ2n) is 6.92. The number of alkyl halides is 2. The Kier molecular flexibility index (Phi) is 4.22. The van der Waals surface area contributed by atoms with Crippen LogP contribution in [0.25, 0.3) is 0 Å². The van der Waals surface area contributed by atoms with Crippen LogP contribution in [0.1, 0.15) is 34.2 Å². The Morgan fingerprint density at radius 2 is 2.12 bits per heavy atom. The van der Waals surface area contributed by atoms with E-state index in [9.17, 15) is 18.0 Å². The molecule has 2 saturated heterocycles. The molecule has 1 N–H and O–H groups in total. The van der Waals surface area contributed by atoms with Crippen molar-refractivity contribution < 1.29 is 18.0 Å². The van der Waals surface area contributed by atoms with Crippen LogP contribution < -0.4 is 5.32 Å². The van der Waals surface area contributed by atoms with Gasteiger partial charge in [0.05, 0.1) is 6.04 Å². The molecule has 138 valence electrons. The lowest BCUT2D eigenvalue weighted by molar-refractivity contribution is 0.0702. The molecule has 0 spiro atoms. The Bertz CT molecular complexity index is 838. The summed E-state index contributed by atoms with van der Waals surface area (Å²) < 4.78 is 40.8. The number of aryl methyl sites for hydroxylation is 1. The van der Waals surface area contributed by atoms with Crippen molar-refractivity contribution in [3.63, 3.8) is 0 Å². The Morgan fingerprint density at radius 3 is 2.81 bits per heavy atom. The molecule has 2 aliphatic heterocycles. The third-order valence-electron chi connectivity index (χ3n) is 5.36. The van der Waals surface area contributed by atoms with Crippen LogP contribution in [0.5, 0.6) is 0 Å². The predicted molar refractivity (Wildman–Crippen MR) is 88.2 cm³/mol. The monoisotopic (exact) mass is 364 g/mol. The number of likely N-dealkylation sites (tertiary alicyclic amines) is 1. The number of hydrogen-bond acceptors (Lipinski definition) is 3. The summed E-state index contributed by atoms with van der Waals surface area (Å²) in [5.74, 6) is -0.279. The largest absolute Gasteiger partial charge is 0.330 e. The van der Waals surface area contributed by atoms with Gasteiger partial charge in [-0.05, 0) is 29.7 Å². The molecule has 0 unspecified atom stereocenters. The first-order valence-corrected chi connectivity index (χ1v) is 8.55. The fourth-order valence-electron chi connectivity index (χ4n) is 4.19. The van der Waals surface area contributed by atoms with E-state index in [1.54, 1.807) is 11.0 Å². The van der Waals surface area contributed by atoms with Gasteiger partial charge in [-0.15, -0.1) is 0 Å². The summed E-state index contributed by atoms with van der Waals surface area (Å²) in [6, 6.07) is 7.10. The van der Waals surface area contributed by atoms with Gasteiger partial charge in [0, 0.05) is 32.6 Å². The number of hydrogen-bond donors (Lipinski definition) is 1. The van der Waals surface area contributed by atoms with E-state index in [-0.39, 0.29) is 35.3 Å². The molecule has 2 fully saturated rings. The van der Waals surface area contributed by atoms with Gasteiger partial charge in [-0.3, -0.25) is 9.48 Å². The van der Waals surface area contributed by atoms with Gasteiger partial charge in [-0.2, -0.15) is 5.10 Å². The first-order chi connectivity index (χ1) is 12.5. The van der Waals surface area contributed by atoms with Crippen molar-refractivity contribution in [3.8, 4) is 0 Å². The molecule has 1 amide bonds. The number of carbonyl (C=O) groups is 1. The minimum absolute atomic E-state index is 0.120. The lowest BCUT2D eigenvalue weighted by atomic mass is 9.89. The summed E-state index contributed by atoms with van der Waals surface area (Å²) in [6.45, 7) is 2.03. The topological polar surface area (TPSA) is 50.2 Å². The molecule has 0 radical (unpaired) electrons. The maximum absolute atomic E-state index is 13.8. The van der Waals surface area contributed by atoms with Crippen LogP contribution in [-0.4, -0.2) is 40.2 Å². The van der Waals surface area contributed by atoms with E-state index in [4.69, 9.17) is 0 Å². The average Bonchev–Trinajstić information content (AvgIpc) is 3.27. The number of rotatable bonds is 3. The Balaban J connectivity index is 1.71. The summed E-state index contributed by atoms with van der Waals surface area (Å²) in [5, 5.41) is 7.05. The fourth-order valence-corrected chi connectivity index (χ4v) is 4.19. The molecule has 2 aromatic rings. The maximum atomic E-state index is 13.8. The second-order valence-corrected chi connectivity index (χ2v) is 6.92. The normalized spacial score (nSPS) is 25.1. The Labute approximate surface area is 148 Å². The summed E-state index contributed by atoms with van der Waals surface area (Å²) in [6.07, 6.45) is -2.73. The van der Waals surface area contributed by atoms with Crippen LogP contribution in [0.15, 0.2) is 30.3 Å². The van der Waals surface area contributed by atoms with Gasteiger partial charge >= 0.3 is 0 Å². The van der Waals surface area contributed by atoms with E-state index in [0.717, 1.165) is 24.7 Å². The van der Waals surface area contributed by atoms with Crippen LogP contribution in [0.3, 0.4) is 0 Å². The Morgan fingerprint density at radius 1 is 1.31 bits per heavy atom. The van der Waals surface area contributed by atoms with Gasteiger partial charge < -0.3 is 10.2 Å².